The van der Waals surface area contributed by atoms with E-state index in [-0.39, 0.29) is 16.7 Å². The van der Waals surface area contributed by atoms with Gasteiger partial charge in [0.05, 0.1) is 18.1 Å². The van der Waals surface area contributed by atoms with Gasteiger partial charge in [0.2, 0.25) is 15.9 Å². The lowest BCUT2D eigenvalue weighted by molar-refractivity contribution is -0.123. The number of carbonyl (C=O) groups excluding carboxylic acids is 1. The molecule has 0 aliphatic carbocycles. The summed E-state index contributed by atoms with van der Waals surface area (Å²) in [4.78, 5) is 15.3. The Hall–Kier alpha value is -2.78. The number of hydrogen-bond acceptors (Lipinski definition) is 6. The highest BCUT2D eigenvalue weighted by atomic mass is 32.2. The third-order valence-corrected chi connectivity index (χ3v) is 7.67. The van der Waals surface area contributed by atoms with E-state index < -0.39 is 16.1 Å². The van der Waals surface area contributed by atoms with Crippen molar-refractivity contribution in [3.63, 3.8) is 0 Å². The molecule has 1 fully saturated rings. The quantitative estimate of drug-likeness (QED) is 0.594. The van der Waals surface area contributed by atoms with Crippen molar-refractivity contribution in [2.75, 3.05) is 37.7 Å². The molecule has 0 saturated carbocycles. The number of rotatable bonds is 8. The van der Waals surface area contributed by atoms with E-state index in [2.05, 4.69) is 27.1 Å². The number of nitrogens with one attached hydrogen (secondary N) is 2. The minimum absolute atomic E-state index is 0.0458. The van der Waals surface area contributed by atoms with E-state index in [1.807, 2.05) is 32.0 Å². The predicted octanol–water partition coefficient (Wildman–Crippen LogP) is 2.79. The first-order valence-electron chi connectivity index (χ1n) is 11.8. The van der Waals surface area contributed by atoms with Gasteiger partial charge in [0.15, 0.2) is 11.5 Å². The average Bonchev–Trinajstić information content (AvgIpc) is 3.18. The molecule has 34 heavy (non-hydrogen) atoms. The van der Waals surface area contributed by atoms with Crippen molar-refractivity contribution in [2.24, 2.45) is 11.8 Å². The maximum absolute atomic E-state index is 13.1. The molecule has 0 bridgehead atoms. The first-order valence-corrected chi connectivity index (χ1v) is 13.3. The number of fused-ring (bicyclic) bond motifs is 1. The molecule has 184 valence electrons. The summed E-state index contributed by atoms with van der Waals surface area (Å²) in [6.45, 7) is 6.95. The second-order valence-electron chi connectivity index (χ2n) is 9.18. The maximum Gasteiger partial charge on any atom is 0.241 e. The third-order valence-electron chi connectivity index (χ3n) is 6.23. The van der Waals surface area contributed by atoms with Crippen molar-refractivity contribution >= 4 is 21.6 Å². The van der Waals surface area contributed by atoms with Crippen molar-refractivity contribution < 1.29 is 22.7 Å². The number of benzene rings is 2. The molecule has 2 aliphatic rings. The fourth-order valence-electron chi connectivity index (χ4n) is 4.27. The van der Waals surface area contributed by atoms with Gasteiger partial charge in [0.25, 0.3) is 0 Å². The number of ether oxygens (including phenoxy) is 2. The molecule has 8 nitrogen and oxygen atoms in total. The van der Waals surface area contributed by atoms with Crippen LogP contribution in [0.1, 0.15) is 26.7 Å². The molecule has 0 aromatic heterocycles. The molecule has 2 atom stereocenters. The number of para-hydroxylation sites is 1. The molecule has 1 amide bonds. The number of sulfonamides is 1. The maximum atomic E-state index is 13.1. The van der Waals surface area contributed by atoms with Crippen LogP contribution in [-0.4, -0.2) is 53.2 Å². The van der Waals surface area contributed by atoms with Crippen LogP contribution in [0.5, 0.6) is 11.5 Å². The third kappa shape index (κ3) is 5.82. The van der Waals surface area contributed by atoms with Gasteiger partial charge in [0.1, 0.15) is 6.04 Å². The van der Waals surface area contributed by atoms with Crippen LogP contribution in [-0.2, 0) is 14.8 Å². The second kappa shape index (κ2) is 10.7. The van der Waals surface area contributed by atoms with Gasteiger partial charge in [-0.3, -0.25) is 4.79 Å². The summed E-state index contributed by atoms with van der Waals surface area (Å²) in [5.41, 5.74) is 1.18. The minimum atomic E-state index is -3.93. The summed E-state index contributed by atoms with van der Waals surface area (Å²) >= 11 is 0. The number of amides is 1. The van der Waals surface area contributed by atoms with E-state index in [4.69, 9.17) is 9.47 Å². The fourth-order valence-corrected chi connectivity index (χ4v) is 5.62. The van der Waals surface area contributed by atoms with Gasteiger partial charge >= 0.3 is 0 Å². The number of nitrogens with zero attached hydrogens (tertiary/aromatic N) is 1. The van der Waals surface area contributed by atoms with E-state index in [1.165, 1.54) is 17.8 Å². The van der Waals surface area contributed by atoms with E-state index in [0.717, 1.165) is 25.9 Å². The number of hydrogen-bond donors (Lipinski definition) is 2. The van der Waals surface area contributed by atoms with Gasteiger partial charge in [0, 0.05) is 37.8 Å². The lowest BCUT2D eigenvalue weighted by atomic mass is 10.0. The topological polar surface area (TPSA) is 97.0 Å². The second-order valence-corrected chi connectivity index (χ2v) is 10.9. The Labute approximate surface area is 201 Å². The SMILES string of the molecule is CC(C)C(NS(=O)(=O)c1ccc2c(c1)OCCCO2)C(=O)NCC1CCN(c2ccccc2)C1. The molecule has 4 rings (SSSR count). The first-order chi connectivity index (χ1) is 16.3. The number of carbonyl (C=O) groups is 1. The van der Waals surface area contributed by atoms with Crippen molar-refractivity contribution in [1.82, 2.24) is 10.0 Å². The van der Waals surface area contributed by atoms with Crippen molar-refractivity contribution in [1.29, 1.82) is 0 Å². The van der Waals surface area contributed by atoms with Crippen LogP contribution in [0.25, 0.3) is 0 Å². The largest absolute Gasteiger partial charge is 0.490 e. The van der Waals surface area contributed by atoms with Crippen LogP contribution < -0.4 is 24.4 Å². The average molecular weight is 488 g/mol. The molecule has 2 unspecified atom stereocenters. The summed E-state index contributed by atoms with van der Waals surface area (Å²) in [6, 6.07) is 13.9. The van der Waals surface area contributed by atoms with Gasteiger partial charge in [-0.2, -0.15) is 4.72 Å². The summed E-state index contributed by atoms with van der Waals surface area (Å²) in [5, 5.41) is 2.97. The first kappa shape index (κ1) is 24.3. The summed E-state index contributed by atoms with van der Waals surface area (Å²) in [7, 11) is -3.93. The summed E-state index contributed by atoms with van der Waals surface area (Å²) in [6.07, 6.45) is 1.71. The van der Waals surface area contributed by atoms with Gasteiger partial charge in [-0.15, -0.1) is 0 Å². The summed E-state index contributed by atoms with van der Waals surface area (Å²) in [5.74, 6) is 0.701. The van der Waals surface area contributed by atoms with Crippen molar-refractivity contribution in [3.8, 4) is 11.5 Å². The highest BCUT2D eigenvalue weighted by Crippen LogP contribution is 2.32. The molecule has 0 spiro atoms. The minimum Gasteiger partial charge on any atom is -0.490 e. The van der Waals surface area contributed by atoms with E-state index in [0.29, 0.717) is 37.2 Å². The molecular weight excluding hydrogens is 454 g/mol. The highest BCUT2D eigenvalue weighted by molar-refractivity contribution is 7.89. The van der Waals surface area contributed by atoms with Crippen LogP contribution >= 0.6 is 0 Å². The standard InChI is InChI=1S/C25H33N3O5S/c1-18(2)24(25(29)26-16-19-11-12-28(17-19)20-7-4-3-5-8-20)27-34(30,31)21-9-10-22-23(15-21)33-14-6-13-32-22/h3-5,7-10,15,18-19,24,27H,6,11-14,16-17H2,1-2H3,(H,26,29). The molecule has 2 heterocycles. The van der Waals surface area contributed by atoms with Gasteiger partial charge in [-0.05, 0) is 42.5 Å². The van der Waals surface area contributed by atoms with Crippen LogP contribution in [0.15, 0.2) is 53.4 Å². The lowest BCUT2D eigenvalue weighted by Crippen LogP contribution is -2.50. The number of anilines is 1. The van der Waals surface area contributed by atoms with Crippen LogP contribution in [0, 0.1) is 11.8 Å². The van der Waals surface area contributed by atoms with E-state index >= 15 is 0 Å². The van der Waals surface area contributed by atoms with E-state index in [1.54, 1.807) is 6.07 Å². The Kier molecular flexibility index (Phi) is 7.63. The lowest BCUT2D eigenvalue weighted by Gasteiger charge is -2.23. The zero-order valence-electron chi connectivity index (χ0n) is 19.7. The fraction of sp³-hybridized carbons (Fsp3) is 0.480. The van der Waals surface area contributed by atoms with Crippen LogP contribution in [0.4, 0.5) is 5.69 Å². The normalized spacial score (nSPS) is 19.0. The Morgan fingerprint density at radius 1 is 1.09 bits per heavy atom. The Bertz CT molecular complexity index is 1090. The van der Waals surface area contributed by atoms with Crippen molar-refractivity contribution in [2.45, 2.75) is 37.6 Å². The Morgan fingerprint density at radius 2 is 1.82 bits per heavy atom. The Balaban J connectivity index is 1.37. The molecule has 2 aliphatic heterocycles. The highest BCUT2D eigenvalue weighted by Gasteiger charge is 2.30. The molecule has 0 radical (unpaired) electrons. The zero-order chi connectivity index (χ0) is 24.1. The predicted molar refractivity (Wildman–Crippen MR) is 131 cm³/mol. The zero-order valence-corrected chi connectivity index (χ0v) is 20.5. The molecule has 9 heteroatoms. The molecular formula is C25H33N3O5S. The van der Waals surface area contributed by atoms with Gasteiger partial charge < -0.3 is 19.7 Å². The monoisotopic (exact) mass is 487 g/mol. The summed E-state index contributed by atoms with van der Waals surface area (Å²) < 4.78 is 40.0. The van der Waals surface area contributed by atoms with Gasteiger partial charge in [-0.1, -0.05) is 32.0 Å². The molecule has 2 aromatic rings. The van der Waals surface area contributed by atoms with E-state index in [9.17, 15) is 13.2 Å². The van der Waals surface area contributed by atoms with Crippen LogP contribution in [0.3, 0.4) is 0 Å². The van der Waals surface area contributed by atoms with Gasteiger partial charge in [-0.25, -0.2) is 8.42 Å². The van der Waals surface area contributed by atoms with Crippen LogP contribution in [0.2, 0.25) is 0 Å². The smallest absolute Gasteiger partial charge is 0.241 e. The molecule has 2 N–H and O–H groups in total. The van der Waals surface area contributed by atoms with Crippen molar-refractivity contribution in [3.05, 3.63) is 48.5 Å². The molecule has 1 saturated heterocycles. The molecule has 2 aromatic carbocycles. The Morgan fingerprint density at radius 3 is 2.56 bits per heavy atom.